The molecule has 8 nitrogen and oxygen atoms in total. The van der Waals surface area contributed by atoms with E-state index in [1.54, 1.807) is 79.8 Å². The van der Waals surface area contributed by atoms with Crippen molar-refractivity contribution in [1.82, 2.24) is 23.7 Å². The van der Waals surface area contributed by atoms with Crippen LogP contribution < -0.4 is 9.46 Å². The van der Waals surface area contributed by atoms with Gasteiger partial charge in [-0.3, -0.25) is 4.40 Å². The monoisotopic (exact) mass is 431 g/mol. The van der Waals surface area contributed by atoms with Gasteiger partial charge in [-0.05, 0) is 29.8 Å². The zero-order chi connectivity index (χ0) is 20.6. The second-order valence-corrected chi connectivity index (χ2v) is 8.35. The van der Waals surface area contributed by atoms with Crippen LogP contribution in [0.1, 0.15) is 17.4 Å². The van der Waals surface area contributed by atoms with Gasteiger partial charge in [0.15, 0.2) is 10.2 Å². The maximum absolute atomic E-state index is 13.3. The Kier molecular flexibility index (Phi) is 5.03. The van der Waals surface area contributed by atoms with Crippen molar-refractivity contribution in [2.45, 2.75) is 11.1 Å². The fourth-order valence-electron chi connectivity index (χ4n) is 3.14. The van der Waals surface area contributed by atoms with Gasteiger partial charge in [0.1, 0.15) is 23.3 Å². The second kappa shape index (κ2) is 7.51. The number of halogens is 1. The number of sulfonamides is 1. The lowest BCUT2D eigenvalue weighted by atomic mass is 10.1. The highest BCUT2D eigenvalue weighted by atomic mass is 35.5. The molecule has 3 aromatic heterocycles. The Morgan fingerprint density at radius 3 is 2.72 bits per heavy atom. The van der Waals surface area contributed by atoms with Gasteiger partial charge in [-0.1, -0.05) is 29.8 Å². The first-order valence-electron chi connectivity index (χ1n) is 8.67. The minimum absolute atomic E-state index is 0.104. The molecule has 0 saturated carbocycles. The summed E-state index contributed by atoms with van der Waals surface area (Å²) in [6, 6.07) is 11.5. The zero-order valence-electron chi connectivity index (χ0n) is 15.7. The largest absolute Gasteiger partial charge is 0.497 e. The van der Waals surface area contributed by atoms with Crippen LogP contribution in [0.3, 0.4) is 0 Å². The first-order valence-corrected chi connectivity index (χ1v) is 10.5. The molecular weight excluding hydrogens is 414 g/mol. The summed E-state index contributed by atoms with van der Waals surface area (Å²) in [5, 5.41) is -0.232. The standard InChI is InChI=1S/C19H18ClN5O3S/c1-24-11-9-21-18(24)16(13-6-5-7-14(12-13)28-2)23-29(26,27)19-17(20)22-15-8-3-4-10-25(15)19/h3-12,16,23H,1-2H3. The van der Waals surface area contributed by atoms with E-state index in [2.05, 4.69) is 14.7 Å². The van der Waals surface area contributed by atoms with E-state index in [9.17, 15) is 8.42 Å². The summed E-state index contributed by atoms with van der Waals surface area (Å²) in [4.78, 5) is 8.47. The molecule has 0 aliphatic heterocycles. The Morgan fingerprint density at radius 1 is 1.17 bits per heavy atom. The predicted octanol–water partition coefficient (Wildman–Crippen LogP) is 2.80. The number of pyridine rings is 1. The molecule has 1 aromatic carbocycles. The lowest BCUT2D eigenvalue weighted by molar-refractivity contribution is 0.413. The molecule has 150 valence electrons. The number of imidazole rings is 2. The molecule has 0 radical (unpaired) electrons. The highest BCUT2D eigenvalue weighted by Gasteiger charge is 2.30. The van der Waals surface area contributed by atoms with Crippen LogP contribution in [0.4, 0.5) is 0 Å². The molecule has 1 N–H and O–H groups in total. The van der Waals surface area contributed by atoms with E-state index in [4.69, 9.17) is 16.3 Å². The quantitative estimate of drug-likeness (QED) is 0.507. The molecule has 4 rings (SSSR count). The van der Waals surface area contributed by atoms with Crippen LogP contribution in [-0.4, -0.2) is 34.5 Å². The summed E-state index contributed by atoms with van der Waals surface area (Å²) in [7, 11) is -0.710. The Morgan fingerprint density at radius 2 is 2.00 bits per heavy atom. The minimum atomic E-state index is -4.06. The number of aromatic nitrogens is 4. The molecule has 0 spiro atoms. The van der Waals surface area contributed by atoms with Gasteiger partial charge in [0.2, 0.25) is 0 Å². The van der Waals surface area contributed by atoms with Crippen molar-refractivity contribution in [2.75, 3.05) is 7.11 Å². The van der Waals surface area contributed by atoms with E-state index in [1.807, 2.05) is 0 Å². The Bertz CT molecular complexity index is 1280. The summed E-state index contributed by atoms with van der Waals surface area (Å²) in [6.45, 7) is 0. The van der Waals surface area contributed by atoms with Gasteiger partial charge in [-0.2, -0.15) is 4.72 Å². The molecule has 0 fully saturated rings. The van der Waals surface area contributed by atoms with Gasteiger partial charge in [0.05, 0.1) is 7.11 Å². The van der Waals surface area contributed by atoms with Crippen LogP contribution in [0.25, 0.3) is 5.65 Å². The van der Waals surface area contributed by atoms with Crippen LogP contribution in [0.5, 0.6) is 5.75 Å². The summed E-state index contributed by atoms with van der Waals surface area (Å²) in [5.41, 5.74) is 1.11. The first kappa shape index (κ1) is 19.4. The Hall–Kier alpha value is -2.88. The average molecular weight is 432 g/mol. The molecule has 0 aliphatic rings. The average Bonchev–Trinajstić information content (AvgIpc) is 3.28. The van der Waals surface area contributed by atoms with Crippen molar-refractivity contribution in [1.29, 1.82) is 0 Å². The molecule has 4 aromatic rings. The Balaban J connectivity index is 1.83. The second-order valence-electron chi connectivity index (χ2n) is 6.36. The predicted molar refractivity (Wildman–Crippen MR) is 109 cm³/mol. The molecule has 3 heterocycles. The van der Waals surface area contributed by atoms with E-state index in [1.165, 1.54) is 4.40 Å². The number of nitrogens with zero attached hydrogens (tertiary/aromatic N) is 4. The van der Waals surface area contributed by atoms with Crippen LogP contribution in [0.2, 0.25) is 5.15 Å². The molecule has 0 aliphatic carbocycles. The van der Waals surface area contributed by atoms with E-state index in [0.717, 1.165) is 0 Å². The van der Waals surface area contributed by atoms with Crippen molar-refractivity contribution in [2.24, 2.45) is 7.05 Å². The summed E-state index contributed by atoms with van der Waals surface area (Å²) >= 11 is 6.19. The van der Waals surface area contributed by atoms with Gasteiger partial charge in [0.25, 0.3) is 10.0 Å². The van der Waals surface area contributed by atoms with Gasteiger partial charge < -0.3 is 9.30 Å². The number of aryl methyl sites for hydroxylation is 1. The first-order chi connectivity index (χ1) is 13.9. The normalized spacial score (nSPS) is 12.9. The number of nitrogens with one attached hydrogen (secondary N) is 1. The SMILES string of the molecule is COc1cccc(C(NS(=O)(=O)c2c(Cl)nc3ccccn23)c2nccn2C)c1. The molecule has 0 bridgehead atoms. The van der Waals surface area contributed by atoms with Crippen LogP contribution in [0, 0.1) is 0 Å². The number of benzene rings is 1. The maximum Gasteiger partial charge on any atom is 0.260 e. The van der Waals surface area contributed by atoms with E-state index < -0.39 is 16.1 Å². The third kappa shape index (κ3) is 3.59. The number of hydrogen-bond acceptors (Lipinski definition) is 5. The Labute approximate surface area is 172 Å². The molecule has 29 heavy (non-hydrogen) atoms. The lowest BCUT2D eigenvalue weighted by Gasteiger charge is -2.19. The fraction of sp³-hybridized carbons (Fsp3) is 0.158. The van der Waals surface area contributed by atoms with Crippen LogP contribution in [0.15, 0.2) is 66.1 Å². The van der Waals surface area contributed by atoms with Gasteiger partial charge in [0, 0.05) is 25.6 Å². The van der Waals surface area contributed by atoms with E-state index in [-0.39, 0.29) is 10.2 Å². The minimum Gasteiger partial charge on any atom is -0.497 e. The van der Waals surface area contributed by atoms with E-state index >= 15 is 0 Å². The third-order valence-corrected chi connectivity index (χ3v) is 6.34. The highest BCUT2D eigenvalue weighted by Crippen LogP contribution is 2.28. The third-order valence-electron chi connectivity index (χ3n) is 4.52. The van der Waals surface area contributed by atoms with Gasteiger partial charge in [-0.25, -0.2) is 18.4 Å². The summed E-state index contributed by atoms with van der Waals surface area (Å²) in [6.07, 6.45) is 4.96. The van der Waals surface area contributed by atoms with Crippen molar-refractivity contribution in [3.8, 4) is 5.75 Å². The maximum atomic E-state index is 13.3. The molecular formula is C19H18ClN5O3S. The molecule has 1 atom stereocenters. The van der Waals surface area contributed by atoms with Crippen molar-refractivity contribution >= 4 is 27.3 Å². The van der Waals surface area contributed by atoms with Crippen LogP contribution >= 0.6 is 11.6 Å². The summed E-state index contributed by atoms with van der Waals surface area (Å²) in [5.74, 6) is 1.13. The number of methoxy groups -OCH3 is 1. The van der Waals surface area contributed by atoms with E-state index in [0.29, 0.717) is 22.8 Å². The number of hydrogen-bond donors (Lipinski definition) is 1. The van der Waals surface area contributed by atoms with Crippen molar-refractivity contribution in [3.63, 3.8) is 0 Å². The molecule has 0 saturated heterocycles. The number of fused-ring (bicyclic) bond motifs is 1. The van der Waals surface area contributed by atoms with Crippen LogP contribution in [-0.2, 0) is 17.1 Å². The smallest absolute Gasteiger partial charge is 0.260 e. The van der Waals surface area contributed by atoms with Gasteiger partial charge in [-0.15, -0.1) is 0 Å². The molecule has 1 unspecified atom stereocenters. The molecule has 0 amide bonds. The fourth-order valence-corrected chi connectivity index (χ4v) is 4.97. The lowest BCUT2D eigenvalue weighted by Crippen LogP contribution is -2.32. The van der Waals surface area contributed by atoms with Gasteiger partial charge >= 0.3 is 0 Å². The number of rotatable bonds is 6. The highest BCUT2D eigenvalue weighted by molar-refractivity contribution is 7.89. The van der Waals surface area contributed by atoms with Crippen molar-refractivity contribution in [3.05, 3.63) is 77.6 Å². The topological polar surface area (TPSA) is 90.5 Å². The van der Waals surface area contributed by atoms with Crippen molar-refractivity contribution < 1.29 is 13.2 Å². The summed E-state index contributed by atoms with van der Waals surface area (Å²) < 4.78 is 37.9. The molecule has 10 heteroatoms. The zero-order valence-corrected chi connectivity index (χ0v) is 17.2. The number of ether oxygens (including phenoxy) is 1.